The Morgan fingerprint density at radius 3 is 2.70 bits per heavy atom. The Kier molecular flexibility index (Phi) is 5.73. The van der Waals surface area contributed by atoms with Crippen LogP contribution < -0.4 is 10.6 Å². The second kappa shape index (κ2) is 7.56. The highest BCUT2D eigenvalue weighted by Crippen LogP contribution is 2.29. The third-order valence-corrected chi connectivity index (χ3v) is 4.67. The first-order valence-electron chi connectivity index (χ1n) is 7.17. The molecule has 1 saturated heterocycles. The van der Waals surface area contributed by atoms with Crippen LogP contribution in [0, 0.1) is 5.82 Å². The number of halogens is 1. The van der Waals surface area contributed by atoms with Crippen LogP contribution in [-0.2, 0) is 19.1 Å². The minimum Gasteiger partial charge on any atom is -0.462 e. The zero-order valence-electron chi connectivity index (χ0n) is 12.7. The number of esters is 1. The van der Waals surface area contributed by atoms with Gasteiger partial charge in [0.05, 0.1) is 23.3 Å². The lowest BCUT2D eigenvalue weighted by atomic mass is 10.3. The summed E-state index contributed by atoms with van der Waals surface area (Å²) in [7, 11) is 0. The van der Waals surface area contributed by atoms with E-state index in [4.69, 9.17) is 4.74 Å². The monoisotopic (exact) mass is 341 g/mol. The zero-order valence-corrected chi connectivity index (χ0v) is 13.5. The van der Waals surface area contributed by atoms with Crippen molar-refractivity contribution in [2.24, 2.45) is 0 Å². The highest BCUT2D eigenvalue weighted by Gasteiger charge is 2.40. The minimum absolute atomic E-state index is 0.0520. The fraction of sp³-hybridized carbons (Fsp3) is 0.400. The summed E-state index contributed by atoms with van der Waals surface area (Å²) in [4.78, 5) is 37.0. The number of benzene rings is 1. The van der Waals surface area contributed by atoms with Gasteiger partial charge in [0.1, 0.15) is 5.82 Å². The Hall–Kier alpha value is -1.93. The SMILES string of the molecule is CCOC(=O)[C@@H]([NH3+])CS[C@@H]1CC(=O)N(c2ccc(F)cc2)C1=O. The van der Waals surface area contributed by atoms with E-state index in [0.29, 0.717) is 11.4 Å². The van der Waals surface area contributed by atoms with E-state index in [1.807, 2.05) is 0 Å². The third kappa shape index (κ3) is 4.08. The molecule has 1 aliphatic rings. The molecule has 1 heterocycles. The smallest absolute Gasteiger partial charge is 0.365 e. The van der Waals surface area contributed by atoms with Gasteiger partial charge in [0, 0.05) is 6.42 Å². The van der Waals surface area contributed by atoms with Crippen molar-refractivity contribution in [1.29, 1.82) is 0 Å². The lowest BCUT2D eigenvalue weighted by Crippen LogP contribution is -2.66. The van der Waals surface area contributed by atoms with Gasteiger partial charge in [-0.05, 0) is 31.2 Å². The highest BCUT2D eigenvalue weighted by atomic mass is 32.2. The van der Waals surface area contributed by atoms with E-state index in [9.17, 15) is 18.8 Å². The number of carbonyl (C=O) groups excluding carboxylic acids is 3. The Bertz CT molecular complexity index is 608. The van der Waals surface area contributed by atoms with Gasteiger partial charge in [-0.3, -0.25) is 9.59 Å². The summed E-state index contributed by atoms with van der Waals surface area (Å²) in [5, 5.41) is -0.564. The van der Waals surface area contributed by atoms with Crippen molar-refractivity contribution in [2.45, 2.75) is 24.6 Å². The first kappa shape index (κ1) is 17.4. The maximum absolute atomic E-state index is 12.9. The Labute approximate surface area is 137 Å². The molecule has 0 radical (unpaired) electrons. The summed E-state index contributed by atoms with van der Waals surface area (Å²) in [6.45, 7) is 1.98. The van der Waals surface area contributed by atoms with Gasteiger partial charge in [-0.25, -0.2) is 14.1 Å². The average molecular weight is 341 g/mol. The predicted octanol–water partition coefficient (Wildman–Crippen LogP) is 0.364. The van der Waals surface area contributed by atoms with Crippen molar-refractivity contribution in [3.8, 4) is 0 Å². The molecule has 1 fully saturated rings. The lowest BCUT2D eigenvalue weighted by Gasteiger charge is -2.15. The molecule has 8 heteroatoms. The van der Waals surface area contributed by atoms with Crippen LogP contribution in [0.1, 0.15) is 13.3 Å². The molecule has 2 amide bonds. The molecule has 0 unspecified atom stereocenters. The van der Waals surface area contributed by atoms with Crippen LogP contribution in [0.4, 0.5) is 10.1 Å². The summed E-state index contributed by atoms with van der Waals surface area (Å²) < 4.78 is 17.8. The van der Waals surface area contributed by atoms with Crippen LogP contribution >= 0.6 is 11.8 Å². The van der Waals surface area contributed by atoms with Gasteiger partial charge < -0.3 is 10.5 Å². The molecule has 124 valence electrons. The Morgan fingerprint density at radius 2 is 2.09 bits per heavy atom. The third-order valence-electron chi connectivity index (χ3n) is 3.31. The maximum atomic E-state index is 12.9. The molecule has 3 N–H and O–H groups in total. The van der Waals surface area contributed by atoms with E-state index in [-0.39, 0.29) is 24.8 Å². The molecule has 0 saturated carbocycles. The number of quaternary nitrogens is 1. The van der Waals surface area contributed by atoms with Gasteiger partial charge >= 0.3 is 5.97 Å². The Balaban J connectivity index is 1.98. The zero-order chi connectivity index (χ0) is 17.0. The number of imide groups is 1. The molecule has 2 rings (SSSR count). The molecule has 2 atom stereocenters. The summed E-state index contributed by atoms with van der Waals surface area (Å²) in [5.74, 6) is -1.27. The predicted molar refractivity (Wildman–Crippen MR) is 83.1 cm³/mol. The van der Waals surface area contributed by atoms with Crippen molar-refractivity contribution >= 4 is 35.2 Å². The molecule has 1 aromatic rings. The van der Waals surface area contributed by atoms with Crippen LogP contribution in [0.15, 0.2) is 24.3 Å². The van der Waals surface area contributed by atoms with Crippen molar-refractivity contribution in [2.75, 3.05) is 17.3 Å². The number of amides is 2. The lowest BCUT2D eigenvalue weighted by molar-refractivity contribution is -0.401. The molecular formula is C15H18FN2O4S+. The van der Waals surface area contributed by atoms with Gasteiger partial charge in [-0.2, -0.15) is 0 Å². The van der Waals surface area contributed by atoms with Crippen LogP contribution in [0.2, 0.25) is 0 Å². The molecule has 6 nitrogen and oxygen atoms in total. The topological polar surface area (TPSA) is 91.3 Å². The van der Waals surface area contributed by atoms with Crippen LogP contribution in [-0.4, -0.2) is 41.4 Å². The first-order chi connectivity index (χ1) is 10.9. The van der Waals surface area contributed by atoms with Crippen molar-refractivity contribution in [3.05, 3.63) is 30.1 Å². The molecule has 0 aromatic heterocycles. The standard InChI is InChI=1S/C15H17FN2O4S/c1-2-22-15(21)11(17)8-23-12-7-13(19)18(14(12)20)10-5-3-9(16)4-6-10/h3-6,11-12H,2,7-8,17H2,1H3/p+1/t11-,12+/m0/s1. The molecule has 23 heavy (non-hydrogen) atoms. The number of carbonyl (C=O) groups is 3. The number of hydrogen-bond acceptors (Lipinski definition) is 5. The number of rotatable bonds is 6. The van der Waals surface area contributed by atoms with Crippen LogP contribution in [0.5, 0.6) is 0 Å². The van der Waals surface area contributed by atoms with Crippen molar-refractivity contribution < 1.29 is 29.2 Å². The molecular weight excluding hydrogens is 323 g/mol. The summed E-state index contributed by atoms with van der Waals surface area (Å²) >= 11 is 1.21. The largest absolute Gasteiger partial charge is 0.462 e. The van der Waals surface area contributed by atoms with E-state index in [1.54, 1.807) is 6.92 Å². The van der Waals surface area contributed by atoms with Crippen LogP contribution in [0.25, 0.3) is 0 Å². The molecule has 0 bridgehead atoms. The van der Waals surface area contributed by atoms with Crippen molar-refractivity contribution in [3.63, 3.8) is 0 Å². The normalized spacial score (nSPS) is 19.1. The van der Waals surface area contributed by atoms with Gasteiger partial charge in [0.25, 0.3) is 0 Å². The second-order valence-corrected chi connectivity index (χ2v) is 6.25. The van der Waals surface area contributed by atoms with E-state index in [1.165, 1.54) is 36.0 Å². The average Bonchev–Trinajstić information content (AvgIpc) is 2.80. The van der Waals surface area contributed by atoms with Crippen LogP contribution in [0.3, 0.4) is 0 Å². The maximum Gasteiger partial charge on any atom is 0.365 e. The fourth-order valence-electron chi connectivity index (χ4n) is 2.16. The van der Waals surface area contributed by atoms with Gasteiger partial charge in [-0.15, -0.1) is 11.8 Å². The van der Waals surface area contributed by atoms with E-state index in [2.05, 4.69) is 5.73 Å². The van der Waals surface area contributed by atoms with Gasteiger partial charge in [-0.1, -0.05) is 0 Å². The van der Waals surface area contributed by atoms with E-state index in [0.717, 1.165) is 4.90 Å². The number of hydrogen-bond donors (Lipinski definition) is 1. The highest BCUT2D eigenvalue weighted by molar-refractivity contribution is 8.00. The molecule has 1 aliphatic heterocycles. The summed E-state index contributed by atoms with van der Waals surface area (Å²) in [6.07, 6.45) is 0.0520. The first-order valence-corrected chi connectivity index (χ1v) is 8.22. The minimum atomic E-state index is -0.595. The molecule has 0 spiro atoms. The number of ether oxygens (including phenoxy) is 1. The number of nitrogens with zero attached hydrogens (tertiary/aromatic N) is 1. The van der Waals surface area contributed by atoms with E-state index < -0.39 is 23.1 Å². The number of anilines is 1. The summed E-state index contributed by atoms with van der Waals surface area (Å²) in [6, 6.07) is 4.58. The molecule has 0 aliphatic carbocycles. The van der Waals surface area contributed by atoms with E-state index >= 15 is 0 Å². The quantitative estimate of drug-likeness (QED) is 0.596. The summed E-state index contributed by atoms with van der Waals surface area (Å²) in [5.41, 5.74) is 4.05. The number of thioether (sulfide) groups is 1. The van der Waals surface area contributed by atoms with Gasteiger partial charge in [0.2, 0.25) is 11.8 Å². The van der Waals surface area contributed by atoms with Gasteiger partial charge in [0.15, 0.2) is 6.04 Å². The fourth-order valence-corrected chi connectivity index (χ4v) is 3.27. The second-order valence-electron chi connectivity index (χ2n) is 5.02. The Morgan fingerprint density at radius 1 is 1.43 bits per heavy atom. The van der Waals surface area contributed by atoms with Crippen molar-refractivity contribution in [1.82, 2.24) is 0 Å². The molecule has 1 aromatic carbocycles.